The molecule has 0 radical (unpaired) electrons. The summed E-state index contributed by atoms with van der Waals surface area (Å²) in [7, 11) is 2.12. The Labute approximate surface area is 170 Å². The maximum Gasteiger partial charge on any atom is 0.253 e. The van der Waals surface area contributed by atoms with Crippen LogP contribution < -0.4 is 5.32 Å². The zero-order chi connectivity index (χ0) is 19.7. The molecule has 0 unspecified atom stereocenters. The molecular formula is C22H24ClN3O2. The zero-order valence-electron chi connectivity index (χ0n) is 16.0. The van der Waals surface area contributed by atoms with Crippen LogP contribution in [0.15, 0.2) is 42.5 Å². The van der Waals surface area contributed by atoms with Gasteiger partial charge in [-0.1, -0.05) is 23.7 Å². The van der Waals surface area contributed by atoms with Gasteiger partial charge in [0.2, 0.25) is 0 Å². The molecule has 5 nitrogen and oxygen atoms in total. The van der Waals surface area contributed by atoms with Crippen LogP contribution in [-0.2, 0) is 13.0 Å². The summed E-state index contributed by atoms with van der Waals surface area (Å²) in [5.74, 6) is -0.110. The van der Waals surface area contributed by atoms with Gasteiger partial charge in [0.05, 0.1) is 0 Å². The average Bonchev–Trinajstić information content (AvgIpc) is 3.15. The van der Waals surface area contributed by atoms with Crippen LogP contribution in [0.1, 0.15) is 38.3 Å². The van der Waals surface area contributed by atoms with E-state index in [0.717, 1.165) is 31.5 Å². The van der Waals surface area contributed by atoms with Gasteiger partial charge in [0.1, 0.15) is 0 Å². The molecule has 2 aliphatic rings. The Hall–Kier alpha value is -2.37. The summed E-state index contributed by atoms with van der Waals surface area (Å²) in [6, 6.07) is 12.9. The molecule has 6 heteroatoms. The summed E-state index contributed by atoms with van der Waals surface area (Å²) < 4.78 is 0. The molecule has 0 bridgehead atoms. The van der Waals surface area contributed by atoms with E-state index in [2.05, 4.69) is 23.3 Å². The van der Waals surface area contributed by atoms with Crippen LogP contribution in [0, 0.1) is 0 Å². The van der Waals surface area contributed by atoms with E-state index < -0.39 is 0 Å². The first-order valence-electron chi connectivity index (χ1n) is 9.65. The van der Waals surface area contributed by atoms with Crippen LogP contribution in [0.2, 0.25) is 5.02 Å². The van der Waals surface area contributed by atoms with Gasteiger partial charge in [-0.3, -0.25) is 9.59 Å². The Balaban J connectivity index is 1.39. The average molecular weight is 398 g/mol. The Bertz CT molecular complexity index is 914. The lowest BCUT2D eigenvalue weighted by Crippen LogP contribution is -2.38. The fraction of sp³-hybridized carbons (Fsp3) is 0.364. The van der Waals surface area contributed by atoms with Crippen LogP contribution >= 0.6 is 11.6 Å². The Morgan fingerprint density at radius 1 is 1.07 bits per heavy atom. The van der Waals surface area contributed by atoms with Gasteiger partial charge in [-0.2, -0.15) is 0 Å². The van der Waals surface area contributed by atoms with Crippen molar-refractivity contribution in [2.75, 3.05) is 26.7 Å². The number of likely N-dealkylation sites (N-methyl/N-ethyl adjacent to an activating group) is 1. The van der Waals surface area contributed by atoms with Gasteiger partial charge >= 0.3 is 0 Å². The van der Waals surface area contributed by atoms with Crippen LogP contribution in [-0.4, -0.2) is 54.3 Å². The number of rotatable bonds is 3. The highest BCUT2D eigenvalue weighted by molar-refractivity contribution is 6.30. The minimum Gasteiger partial charge on any atom is -0.347 e. The quantitative estimate of drug-likeness (QED) is 0.866. The molecule has 4 rings (SSSR count). The molecule has 0 aromatic heterocycles. The van der Waals surface area contributed by atoms with Gasteiger partial charge in [-0.05, 0) is 61.3 Å². The molecule has 1 atom stereocenters. The van der Waals surface area contributed by atoms with Crippen LogP contribution in [0.4, 0.5) is 0 Å². The maximum atomic E-state index is 12.9. The number of benzene rings is 2. The SMILES string of the molecule is CN1CCc2cc(C(=O)N3CC[C@@H](NC(=O)c4cccc(Cl)c4)C3)ccc2C1. The number of hydrogen-bond donors (Lipinski definition) is 1. The van der Waals surface area contributed by atoms with Gasteiger partial charge in [-0.25, -0.2) is 0 Å². The van der Waals surface area contributed by atoms with Crippen molar-refractivity contribution >= 4 is 23.4 Å². The topological polar surface area (TPSA) is 52.7 Å². The third kappa shape index (κ3) is 4.05. The van der Waals surface area contributed by atoms with E-state index in [1.165, 1.54) is 11.1 Å². The van der Waals surface area contributed by atoms with Crippen molar-refractivity contribution in [2.45, 2.75) is 25.4 Å². The highest BCUT2D eigenvalue weighted by Gasteiger charge is 2.28. The van der Waals surface area contributed by atoms with Crippen molar-refractivity contribution in [1.29, 1.82) is 0 Å². The first-order valence-corrected chi connectivity index (χ1v) is 10.0. The van der Waals surface area contributed by atoms with Crippen molar-refractivity contribution in [1.82, 2.24) is 15.1 Å². The lowest BCUT2D eigenvalue weighted by Gasteiger charge is -2.25. The van der Waals surface area contributed by atoms with Gasteiger partial charge < -0.3 is 15.1 Å². The third-order valence-electron chi connectivity index (χ3n) is 5.55. The third-order valence-corrected chi connectivity index (χ3v) is 5.79. The number of carbonyl (C=O) groups excluding carboxylic acids is 2. The molecule has 1 saturated heterocycles. The lowest BCUT2D eigenvalue weighted by atomic mass is 9.97. The van der Waals surface area contributed by atoms with E-state index in [-0.39, 0.29) is 17.9 Å². The number of hydrogen-bond acceptors (Lipinski definition) is 3. The molecule has 0 aliphatic carbocycles. The Kier molecular flexibility index (Phi) is 5.38. The molecule has 0 saturated carbocycles. The smallest absolute Gasteiger partial charge is 0.253 e. The predicted molar refractivity (Wildman–Crippen MR) is 110 cm³/mol. The summed E-state index contributed by atoms with van der Waals surface area (Å²) in [5.41, 5.74) is 3.86. The number of carbonyl (C=O) groups is 2. The van der Waals surface area contributed by atoms with E-state index in [9.17, 15) is 9.59 Å². The molecule has 1 fully saturated rings. The Morgan fingerprint density at radius 3 is 2.75 bits per heavy atom. The molecule has 2 aromatic rings. The van der Waals surface area contributed by atoms with Crippen LogP contribution in [0.5, 0.6) is 0 Å². The minimum atomic E-state index is -0.153. The summed E-state index contributed by atoms with van der Waals surface area (Å²) in [5, 5.41) is 3.55. The molecule has 2 heterocycles. The van der Waals surface area contributed by atoms with E-state index in [1.807, 2.05) is 17.0 Å². The second-order valence-electron chi connectivity index (χ2n) is 7.69. The molecule has 1 N–H and O–H groups in total. The van der Waals surface area contributed by atoms with E-state index >= 15 is 0 Å². The van der Waals surface area contributed by atoms with Gasteiger partial charge in [0.15, 0.2) is 0 Å². The number of likely N-dealkylation sites (tertiary alicyclic amines) is 1. The largest absolute Gasteiger partial charge is 0.347 e. The van der Waals surface area contributed by atoms with Crippen molar-refractivity contribution < 1.29 is 9.59 Å². The van der Waals surface area contributed by atoms with Crippen molar-refractivity contribution in [3.05, 3.63) is 69.7 Å². The number of fused-ring (bicyclic) bond motifs is 1. The van der Waals surface area contributed by atoms with Gasteiger partial charge in [0, 0.05) is 48.4 Å². The Morgan fingerprint density at radius 2 is 1.93 bits per heavy atom. The normalized spacial score (nSPS) is 19.4. The number of halogens is 1. The highest BCUT2D eigenvalue weighted by atomic mass is 35.5. The highest BCUT2D eigenvalue weighted by Crippen LogP contribution is 2.22. The monoisotopic (exact) mass is 397 g/mol. The van der Waals surface area contributed by atoms with E-state index in [4.69, 9.17) is 11.6 Å². The van der Waals surface area contributed by atoms with Crippen LogP contribution in [0.3, 0.4) is 0 Å². The number of nitrogens with zero attached hydrogens (tertiary/aromatic N) is 2. The summed E-state index contributed by atoms with van der Waals surface area (Å²) >= 11 is 5.96. The summed E-state index contributed by atoms with van der Waals surface area (Å²) in [6.07, 6.45) is 1.74. The summed E-state index contributed by atoms with van der Waals surface area (Å²) in [6.45, 7) is 3.14. The number of nitrogens with one attached hydrogen (secondary N) is 1. The number of amides is 2. The molecular weight excluding hydrogens is 374 g/mol. The summed E-state index contributed by atoms with van der Waals surface area (Å²) in [4.78, 5) is 29.5. The first kappa shape index (κ1) is 19.0. The van der Waals surface area contributed by atoms with Crippen molar-refractivity contribution in [2.24, 2.45) is 0 Å². The van der Waals surface area contributed by atoms with Gasteiger partial charge in [0.25, 0.3) is 11.8 Å². The second kappa shape index (κ2) is 7.94. The van der Waals surface area contributed by atoms with Crippen molar-refractivity contribution in [3.63, 3.8) is 0 Å². The van der Waals surface area contributed by atoms with Crippen LogP contribution in [0.25, 0.3) is 0 Å². The maximum absolute atomic E-state index is 12.9. The fourth-order valence-electron chi connectivity index (χ4n) is 3.97. The second-order valence-corrected chi connectivity index (χ2v) is 8.13. The van der Waals surface area contributed by atoms with Crippen molar-refractivity contribution in [3.8, 4) is 0 Å². The molecule has 2 amide bonds. The molecule has 2 aliphatic heterocycles. The molecule has 0 spiro atoms. The standard InChI is InChI=1S/C22H24ClN3O2/c1-25-9-7-15-11-17(5-6-18(15)13-25)22(28)26-10-8-20(14-26)24-21(27)16-3-2-4-19(23)12-16/h2-6,11-12,20H,7-10,13-14H2,1H3,(H,24,27)/t20-/m1/s1. The molecule has 28 heavy (non-hydrogen) atoms. The fourth-order valence-corrected chi connectivity index (χ4v) is 4.16. The van der Waals surface area contributed by atoms with E-state index in [1.54, 1.807) is 24.3 Å². The molecule has 146 valence electrons. The first-order chi connectivity index (χ1) is 13.5. The predicted octanol–water partition coefficient (Wildman–Crippen LogP) is 2.97. The van der Waals surface area contributed by atoms with E-state index in [0.29, 0.717) is 23.7 Å². The lowest BCUT2D eigenvalue weighted by molar-refractivity contribution is 0.0783. The minimum absolute atomic E-state index is 0.0401. The molecule has 2 aromatic carbocycles. The van der Waals surface area contributed by atoms with Gasteiger partial charge in [-0.15, -0.1) is 0 Å². The zero-order valence-corrected chi connectivity index (χ0v) is 16.7.